The molecule has 0 spiro atoms. The standard InChI is InChI=1S/C16H33N/c1-2-3-4-5-6-10-13-16(17)14-15-11-8-7-9-12-15/h15-16H,2-14,17H2,1H3. The van der Waals surface area contributed by atoms with E-state index in [0.717, 1.165) is 5.92 Å². The second-order valence-corrected chi connectivity index (χ2v) is 6.06. The van der Waals surface area contributed by atoms with Gasteiger partial charge in [-0.3, -0.25) is 0 Å². The first-order valence-corrected chi connectivity index (χ1v) is 8.08. The minimum absolute atomic E-state index is 0.490. The average Bonchev–Trinajstić information content (AvgIpc) is 2.35. The minimum Gasteiger partial charge on any atom is -0.328 e. The fraction of sp³-hybridized carbons (Fsp3) is 1.00. The molecule has 0 heterocycles. The van der Waals surface area contributed by atoms with Gasteiger partial charge >= 0.3 is 0 Å². The molecule has 1 rings (SSSR count). The molecule has 2 N–H and O–H groups in total. The highest BCUT2D eigenvalue weighted by molar-refractivity contribution is 4.72. The van der Waals surface area contributed by atoms with Crippen LogP contribution in [0.25, 0.3) is 0 Å². The third-order valence-corrected chi connectivity index (χ3v) is 4.29. The van der Waals surface area contributed by atoms with Gasteiger partial charge in [0.15, 0.2) is 0 Å². The maximum atomic E-state index is 6.25. The number of unbranched alkanes of at least 4 members (excludes halogenated alkanes) is 5. The molecule has 0 saturated heterocycles. The van der Waals surface area contributed by atoms with Gasteiger partial charge in [-0.25, -0.2) is 0 Å². The molecule has 1 heteroatoms. The molecule has 0 radical (unpaired) electrons. The van der Waals surface area contributed by atoms with Crippen LogP contribution < -0.4 is 5.73 Å². The van der Waals surface area contributed by atoms with Gasteiger partial charge in [0.2, 0.25) is 0 Å². The Balaban J connectivity index is 1.91. The van der Waals surface area contributed by atoms with E-state index in [4.69, 9.17) is 5.73 Å². The summed E-state index contributed by atoms with van der Waals surface area (Å²) in [6.45, 7) is 2.28. The summed E-state index contributed by atoms with van der Waals surface area (Å²) in [6, 6.07) is 0.490. The molecule has 1 unspecified atom stereocenters. The Kier molecular flexibility index (Phi) is 8.78. The van der Waals surface area contributed by atoms with E-state index in [1.54, 1.807) is 0 Å². The summed E-state index contributed by atoms with van der Waals surface area (Å²) in [7, 11) is 0. The monoisotopic (exact) mass is 239 g/mol. The van der Waals surface area contributed by atoms with Crippen LogP contribution >= 0.6 is 0 Å². The van der Waals surface area contributed by atoms with Crippen LogP contribution in [0.3, 0.4) is 0 Å². The predicted octanol–water partition coefficient (Wildman–Crippen LogP) is 5.03. The Morgan fingerprint density at radius 2 is 1.59 bits per heavy atom. The highest BCUT2D eigenvalue weighted by Crippen LogP contribution is 2.27. The highest BCUT2D eigenvalue weighted by Gasteiger charge is 2.16. The Hall–Kier alpha value is -0.0400. The number of nitrogens with two attached hydrogens (primary N) is 1. The van der Waals surface area contributed by atoms with Crippen molar-refractivity contribution in [2.75, 3.05) is 0 Å². The normalized spacial score (nSPS) is 19.4. The summed E-state index contributed by atoms with van der Waals surface area (Å²) >= 11 is 0. The van der Waals surface area contributed by atoms with Crippen molar-refractivity contribution >= 4 is 0 Å². The van der Waals surface area contributed by atoms with Gasteiger partial charge in [0, 0.05) is 6.04 Å². The van der Waals surface area contributed by atoms with E-state index < -0.39 is 0 Å². The lowest BCUT2D eigenvalue weighted by Gasteiger charge is -2.24. The molecule has 17 heavy (non-hydrogen) atoms. The fourth-order valence-electron chi connectivity index (χ4n) is 3.16. The van der Waals surface area contributed by atoms with Crippen LogP contribution in [0.2, 0.25) is 0 Å². The van der Waals surface area contributed by atoms with Crippen molar-refractivity contribution in [2.45, 2.75) is 96.4 Å². The average molecular weight is 239 g/mol. The molecule has 0 aromatic carbocycles. The molecule has 0 bridgehead atoms. The Morgan fingerprint density at radius 1 is 0.941 bits per heavy atom. The third kappa shape index (κ3) is 7.81. The Labute approximate surface area is 109 Å². The van der Waals surface area contributed by atoms with Gasteiger partial charge in [-0.2, -0.15) is 0 Å². The summed E-state index contributed by atoms with van der Waals surface area (Å²) in [5.74, 6) is 0.957. The molecule has 0 amide bonds. The van der Waals surface area contributed by atoms with Crippen LogP contribution in [-0.2, 0) is 0 Å². The van der Waals surface area contributed by atoms with Crippen LogP contribution in [-0.4, -0.2) is 6.04 Å². The summed E-state index contributed by atoms with van der Waals surface area (Å²) in [5, 5.41) is 0. The summed E-state index contributed by atoms with van der Waals surface area (Å²) in [4.78, 5) is 0. The van der Waals surface area contributed by atoms with E-state index in [1.165, 1.54) is 83.5 Å². The first kappa shape index (κ1) is 15.0. The van der Waals surface area contributed by atoms with Gasteiger partial charge in [0.25, 0.3) is 0 Å². The fourth-order valence-corrected chi connectivity index (χ4v) is 3.16. The molecule has 102 valence electrons. The second-order valence-electron chi connectivity index (χ2n) is 6.06. The smallest absolute Gasteiger partial charge is 0.00414 e. The lowest BCUT2D eigenvalue weighted by atomic mass is 9.84. The SMILES string of the molecule is CCCCCCCCC(N)CC1CCCCC1. The Bertz CT molecular complexity index is 161. The van der Waals surface area contributed by atoms with Crippen LogP contribution in [0.5, 0.6) is 0 Å². The van der Waals surface area contributed by atoms with Gasteiger partial charge in [-0.15, -0.1) is 0 Å². The van der Waals surface area contributed by atoms with Crippen molar-refractivity contribution in [3.8, 4) is 0 Å². The molecule has 0 aromatic rings. The first-order chi connectivity index (χ1) is 8.33. The van der Waals surface area contributed by atoms with Gasteiger partial charge in [0.05, 0.1) is 0 Å². The molecule has 0 aromatic heterocycles. The molecule has 1 aliphatic carbocycles. The number of hydrogen-bond acceptors (Lipinski definition) is 1. The van der Waals surface area contributed by atoms with Crippen molar-refractivity contribution in [1.82, 2.24) is 0 Å². The van der Waals surface area contributed by atoms with Crippen LogP contribution in [0.4, 0.5) is 0 Å². The summed E-state index contributed by atoms with van der Waals surface area (Å²) < 4.78 is 0. The van der Waals surface area contributed by atoms with Crippen LogP contribution in [0.1, 0.15) is 90.4 Å². The molecule has 0 aliphatic heterocycles. The van der Waals surface area contributed by atoms with E-state index in [0.29, 0.717) is 6.04 Å². The van der Waals surface area contributed by atoms with E-state index in [2.05, 4.69) is 6.92 Å². The maximum Gasteiger partial charge on any atom is 0.00414 e. The number of rotatable bonds is 9. The maximum absolute atomic E-state index is 6.25. The van der Waals surface area contributed by atoms with Gasteiger partial charge in [-0.1, -0.05) is 77.6 Å². The zero-order valence-corrected chi connectivity index (χ0v) is 11.9. The molecule has 1 atom stereocenters. The molecular weight excluding hydrogens is 206 g/mol. The van der Waals surface area contributed by atoms with Crippen molar-refractivity contribution < 1.29 is 0 Å². The van der Waals surface area contributed by atoms with Crippen LogP contribution in [0.15, 0.2) is 0 Å². The molecular formula is C16H33N. The molecule has 1 nitrogen and oxygen atoms in total. The quantitative estimate of drug-likeness (QED) is 0.561. The van der Waals surface area contributed by atoms with E-state index in [-0.39, 0.29) is 0 Å². The van der Waals surface area contributed by atoms with Crippen molar-refractivity contribution in [3.05, 3.63) is 0 Å². The topological polar surface area (TPSA) is 26.0 Å². The van der Waals surface area contributed by atoms with Gasteiger partial charge in [-0.05, 0) is 18.8 Å². The number of hydrogen-bond donors (Lipinski definition) is 1. The lowest BCUT2D eigenvalue weighted by molar-refractivity contribution is 0.310. The first-order valence-electron chi connectivity index (χ1n) is 8.08. The van der Waals surface area contributed by atoms with E-state index in [1.807, 2.05) is 0 Å². The summed E-state index contributed by atoms with van der Waals surface area (Å²) in [5.41, 5.74) is 6.25. The lowest BCUT2D eigenvalue weighted by Crippen LogP contribution is -2.24. The van der Waals surface area contributed by atoms with Crippen molar-refractivity contribution in [2.24, 2.45) is 11.7 Å². The largest absolute Gasteiger partial charge is 0.328 e. The molecule has 1 fully saturated rings. The van der Waals surface area contributed by atoms with E-state index >= 15 is 0 Å². The Morgan fingerprint density at radius 3 is 2.29 bits per heavy atom. The summed E-state index contributed by atoms with van der Waals surface area (Å²) in [6.07, 6.45) is 18.2. The van der Waals surface area contributed by atoms with Gasteiger partial charge < -0.3 is 5.73 Å². The zero-order chi connectivity index (χ0) is 12.3. The van der Waals surface area contributed by atoms with Crippen molar-refractivity contribution in [3.63, 3.8) is 0 Å². The molecule has 1 aliphatic rings. The second kappa shape index (κ2) is 9.94. The predicted molar refractivity (Wildman–Crippen MR) is 77.2 cm³/mol. The van der Waals surface area contributed by atoms with Crippen LogP contribution in [0, 0.1) is 5.92 Å². The minimum atomic E-state index is 0.490. The van der Waals surface area contributed by atoms with Gasteiger partial charge in [0.1, 0.15) is 0 Å². The molecule has 1 saturated carbocycles. The third-order valence-electron chi connectivity index (χ3n) is 4.29. The van der Waals surface area contributed by atoms with Crippen molar-refractivity contribution in [1.29, 1.82) is 0 Å². The highest BCUT2D eigenvalue weighted by atomic mass is 14.6. The zero-order valence-electron chi connectivity index (χ0n) is 11.9. The van der Waals surface area contributed by atoms with E-state index in [9.17, 15) is 0 Å².